The summed E-state index contributed by atoms with van der Waals surface area (Å²) in [5.74, 6) is -1.02. The maximum absolute atomic E-state index is 11.9. The number of esters is 2. The van der Waals surface area contributed by atoms with Crippen LogP contribution in [-0.2, 0) is 19.1 Å². The van der Waals surface area contributed by atoms with Crippen molar-refractivity contribution < 1.29 is 19.1 Å². The summed E-state index contributed by atoms with van der Waals surface area (Å²) < 4.78 is 9.53. The van der Waals surface area contributed by atoms with Gasteiger partial charge in [-0.05, 0) is 25.2 Å². The number of carbonyl (C=O) groups excluding carboxylic acids is 2. The van der Waals surface area contributed by atoms with Crippen LogP contribution in [-0.4, -0.2) is 26.2 Å². The highest BCUT2D eigenvalue weighted by Crippen LogP contribution is 2.47. The molecule has 0 radical (unpaired) electrons. The van der Waals surface area contributed by atoms with Gasteiger partial charge in [-0.2, -0.15) is 0 Å². The molecule has 1 unspecified atom stereocenters. The molecule has 0 bridgehead atoms. The largest absolute Gasteiger partial charge is 0.468 e. The van der Waals surface area contributed by atoms with E-state index in [1.807, 2.05) is 0 Å². The van der Waals surface area contributed by atoms with Crippen LogP contribution in [0.3, 0.4) is 0 Å². The minimum atomic E-state index is -1.11. The maximum Gasteiger partial charge on any atom is 0.323 e. The van der Waals surface area contributed by atoms with E-state index in [2.05, 4.69) is 6.58 Å². The van der Waals surface area contributed by atoms with E-state index in [1.165, 1.54) is 14.2 Å². The van der Waals surface area contributed by atoms with Crippen LogP contribution in [0.5, 0.6) is 0 Å². The second-order valence-corrected chi connectivity index (χ2v) is 4.07. The number of hydrogen-bond donors (Lipinski definition) is 0. The van der Waals surface area contributed by atoms with Gasteiger partial charge >= 0.3 is 11.9 Å². The average molecular weight is 226 g/mol. The van der Waals surface area contributed by atoms with Crippen molar-refractivity contribution in [3.63, 3.8) is 0 Å². The standard InChI is InChI=1S/C12H18O4/c1-4-6-9-7-5-8-12(9,10(13)15-2)11(14)16-3/h4,9H,1,5-8H2,2-3H3. The van der Waals surface area contributed by atoms with Crippen LogP contribution in [0, 0.1) is 11.3 Å². The molecule has 0 aromatic carbocycles. The minimum Gasteiger partial charge on any atom is -0.468 e. The SMILES string of the molecule is C=CCC1CCCC1(C(=O)OC)C(=O)OC. The Balaban J connectivity index is 3.06. The molecule has 0 N–H and O–H groups in total. The van der Waals surface area contributed by atoms with Gasteiger partial charge in [-0.15, -0.1) is 6.58 Å². The first-order valence-corrected chi connectivity index (χ1v) is 5.41. The molecule has 1 aliphatic carbocycles. The molecule has 0 aromatic rings. The zero-order valence-electron chi connectivity index (χ0n) is 9.82. The van der Waals surface area contributed by atoms with Crippen molar-refractivity contribution in [3.05, 3.63) is 12.7 Å². The number of methoxy groups -OCH3 is 2. The van der Waals surface area contributed by atoms with Gasteiger partial charge in [-0.1, -0.05) is 12.5 Å². The van der Waals surface area contributed by atoms with E-state index in [1.54, 1.807) is 6.08 Å². The Bertz CT molecular complexity index is 279. The molecule has 1 fully saturated rings. The Morgan fingerprint density at radius 1 is 1.38 bits per heavy atom. The van der Waals surface area contributed by atoms with Crippen LogP contribution in [0.15, 0.2) is 12.7 Å². The Morgan fingerprint density at radius 3 is 2.38 bits per heavy atom. The summed E-state index contributed by atoms with van der Waals surface area (Å²) in [6.45, 7) is 3.66. The third-order valence-corrected chi connectivity index (χ3v) is 3.37. The first-order valence-electron chi connectivity index (χ1n) is 5.41. The molecular weight excluding hydrogens is 208 g/mol. The Kier molecular flexibility index (Phi) is 4.10. The molecule has 4 nitrogen and oxygen atoms in total. The first kappa shape index (κ1) is 12.7. The van der Waals surface area contributed by atoms with Crippen molar-refractivity contribution in [2.75, 3.05) is 14.2 Å². The van der Waals surface area contributed by atoms with Crippen LogP contribution < -0.4 is 0 Å². The Hall–Kier alpha value is -1.32. The molecule has 1 aliphatic rings. The van der Waals surface area contributed by atoms with Gasteiger partial charge in [0.1, 0.15) is 0 Å². The summed E-state index contributed by atoms with van der Waals surface area (Å²) in [5.41, 5.74) is -1.11. The fourth-order valence-corrected chi connectivity index (χ4v) is 2.58. The lowest BCUT2D eigenvalue weighted by molar-refractivity contribution is -0.172. The van der Waals surface area contributed by atoms with Crippen LogP contribution in [0.2, 0.25) is 0 Å². The van der Waals surface area contributed by atoms with Crippen LogP contribution >= 0.6 is 0 Å². The molecule has 0 saturated heterocycles. The summed E-state index contributed by atoms with van der Waals surface area (Å²) in [6, 6.07) is 0. The summed E-state index contributed by atoms with van der Waals surface area (Å²) in [4.78, 5) is 23.7. The van der Waals surface area contributed by atoms with E-state index in [4.69, 9.17) is 9.47 Å². The average Bonchev–Trinajstić information content (AvgIpc) is 2.72. The minimum absolute atomic E-state index is 0.0510. The molecule has 1 atom stereocenters. The van der Waals surface area contributed by atoms with Gasteiger partial charge in [-0.3, -0.25) is 9.59 Å². The third kappa shape index (κ3) is 1.84. The zero-order valence-corrected chi connectivity index (χ0v) is 9.82. The molecule has 0 amide bonds. The van der Waals surface area contributed by atoms with Crippen LogP contribution in [0.1, 0.15) is 25.7 Å². The van der Waals surface area contributed by atoms with Gasteiger partial charge in [0.05, 0.1) is 14.2 Å². The van der Waals surface area contributed by atoms with E-state index in [0.29, 0.717) is 12.8 Å². The molecule has 16 heavy (non-hydrogen) atoms. The van der Waals surface area contributed by atoms with E-state index >= 15 is 0 Å². The molecule has 0 aromatic heterocycles. The topological polar surface area (TPSA) is 52.6 Å². The monoisotopic (exact) mass is 226 g/mol. The first-order chi connectivity index (χ1) is 7.63. The molecule has 0 heterocycles. The van der Waals surface area contributed by atoms with Crippen molar-refractivity contribution >= 4 is 11.9 Å². The lowest BCUT2D eigenvalue weighted by Gasteiger charge is -2.29. The molecule has 1 rings (SSSR count). The van der Waals surface area contributed by atoms with E-state index in [9.17, 15) is 9.59 Å². The van der Waals surface area contributed by atoms with Gasteiger partial charge < -0.3 is 9.47 Å². The number of ether oxygens (including phenoxy) is 2. The molecule has 0 aliphatic heterocycles. The lowest BCUT2D eigenvalue weighted by atomic mass is 9.76. The number of carbonyl (C=O) groups is 2. The summed E-state index contributed by atoms with van der Waals surface area (Å²) >= 11 is 0. The van der Waals surface area contributed by atoms with Gasteiger partial charge in [0.15, 0.2) is 5.41 Å². The van der Waals surface area contributed by atoms with E-state index in [-0.39, 0.29) is 5.92 Å². The van der Waals surface area contributed by atoms with Crippen molar-refractivity contribution in [2.24, 2.45) is 11.3 Å². The van der Waals surface area contributed by atoms with E-state index < -0.39 is 17.4 Å². The second kappa shape index (κ2) is 5.14. The predicted molar refractivity (Wildman–Crippen MR) is 58.6 cm³/mol. The fourth-order valence-electron chi connectivity index (χ4n) is 2.58. The number of rotatable bonds is 4. The van der Waals surface area contributed by atoms with Crippen LogP contribution in [0.4, 0.5) is 0 Å². The Morgan fingerprint density at radius 2 is 1.94 bits per heavy atom. The van der Waals surface area contributed by atoms with Crippen LogP contribution in [0.25, 0.3) is 0 Å². The van der Waals surface area contributed by atoms with Crippen molar-refractivity contribution in [2.45, 2.75) is 25.7 Å². The molecule has 0 spiro atoms. The van der Waals surface area contributed by atoms with Crippen molar-refractivity contribution in [1.29, 1.82) is 0 Å². The second-order valence-electron chi connectivity index (χ2n) is 4.07. The smallest absolute Gasteiger partial charge is 0.323 e. The highest BCUT2D eigenvalue weighted by molar-refractivity contribution is 6.00. The van der Waals surface area contributed by atoms with Gasteiger partial charge in [0.2, 0.25) is 0 Å². The normalized spacial score (nSPS) is 22.5. The Labute approximate surface area is 95.6 Å². The zero-order chi connectivity index (χ0) is 12.2. The summed E-state index contributed by atoms with van der Waals surface area (Å²) in [7, 11) is 2.60. The molecule has 90 valence electrons. The van der Waals surface area contributed by atoms with E-state index in [0.717, 1.165) is 12.8 Å². The quantitative estimate of drug-likeness (QED) is 0.416. The number of hydrogen-bond acceptors (Lipinski definition) is 4. The summed E-state index contributed by atoms with van der Waals surface area (Å²) in [6.07, 6.45) is 4.53. The third-order valence-electron chi connectivity index (χ3n) is 3.37. The molecule has 1 saturated carbocycles. The van der Waals surface area contributed by atoms with Crippen molar-refractivity contribution in [1.82, 2.24) is 0 Å². The number of allylic oxidation sites excluding steroid dienone is 1. The molecular formula is C12H18O4. The maximum atomic E-state index is 11.9. The fraction of sp³-hybridized carbons (Fsp3) is 0.667. The highest BCUT2D eigenvalue weighted by atomic mass is 16.5. The van der Waals surface area contributed by atoms with Gasteiger partial charge in [-0.25, -0.2) is 0 Å². The van der Waals surface area contributed by atoms with Gasteiger partial charge in [0.25, 0.3) is 0 Å². The van der Waals surface area contributed by atoms with Gasteiger partial charge in [0, 0.05) is 0 Å². The predicted octanol–water partition coefficient (Wildman–Crippen LogP) is 1.70. The lowest BCUT2D eigenvalue weighted by Crippen LogP contribution is -2.44. The summed E-state index contributed by atoms with van der Waals surface area (Å²) in [5, 5.41) is 0. The van der Waals surface area contributed by atoms with Crippen molar-refractivity contribution in [3.8, 4) is 0 Å². The highest BCUT2D eigenvalue weighted by Gasteiger charge is 2.56. The molecule has 4 heteroatoms.